The Kier molecular flexibility index (Phi) is 4.34. The van der Waals surface area contributed by atoms with Crippen LogP contribution in [0.5, 0.6) is 0 Å². The molecule has 19 heavy (non-hydrogen) atoms. The number of aliphatic hydroxyl groups is 1. The first-order valence-corrected chi connectivity index (χ1v) is 7.13. The lowest BCUT2D eigenvalue weighted by Crippen LogP contribution is -2.36. The van der Waals surface area contributed by atoms with E-state index in [1.165, 1.54) is 17.4 Å². The highest BCUT2D eigenvalue weighted by atomic mass is 32.1. The SMILES string of the molecule is CC(NCC(C)(O)c1cccs1)c1ccccc1F. The van der Waals surface area contributed by atoms with Crippen LogP contribution in [0.15, 0.2) is 41.8 Å². The van der Waals surface area contributed by atoms with Gasteiger partial charge in [0, 0.05) is 23.0 Å². The average Bonchev–Trinajstić information content (AvgIpc) is 2.91. The van der Waals surface area contributed by atoms with E-state index in [0.717, 1.165) is 4.88 Å². The van der Waals surface area contributed by atoms with Gasteiger partial charge >= 0.3 is 0 Å². The van der Waals surface area contributed by atoms with Gasteiger partial charge in [-0.25, -0.2) is 4.39 Å². The number of hydrogen-bond donors (Lipinski definition) is 2. The second-order valence-corrected chi connectivity index (χ2v) is 5.82. The maximum atomic E-state index is 13.6. The Morgan fingerprint density at radius 3 is 2.68 bits per heavy atom. The molecule has 0 aliphatic rings. The molecule has 2 aromatic rings. The molecular formula is C15H18FNOS. The van der Waals surface area contributed by atoms with Gasteiger partial charge in [0.1, 0.15) is 11.4 Å². The van der Waals surface area contributed by atoms with Crippen molar-refractivity contribution < 1.29 is 9.50 Å². The summed E-state index contributed by atoms with van der Waals surface area (Å²) in [5, 5.41) is 15.5. The van der Waals surface area contributed by atoms with Crippen molar-refractivity contribution in [3.63, 3.8) is 0 Å². The van der Waals surface area contributed by atoms with E-state index in [2.05, 4.69) is 5.32 Å². The molecule has 0 aliphatic carbocycles. The van der Waals surface area contributed by atoms with E-state index in [9.17, 15) is 9.50 Å². The van der Waals surface area contributed by atoms with Crippen LogP contribution >= 0.6 is 11.3 Å². The smallest absolute Gasteiger partial charge is 0.127 e. The summed E-state index contributed by atoms with van der Waals surface area (Å²) in [6.07, 6.45) is 0. The summed E-state index contributed by atoms with van der Waals surface area (Å²) in [6, 6.07) is 10.4. The minimum absolute atomic E-state index is 0.146. The monoisotopic (exact) mass is 279 g/mol. The maximum absolute atomic E-state index is 13.6. The van der Waals surface area contributed by atoms with Gasteiger partial charge in [-0.15, -0.1) is 11.3 Å². The van der Waals surface area contributed by atoms with Gasteiger partial charge in [0.25, 0.3) is 0 Å². The molecule has 0 fully saturated rings. The van der Waals surface area contributed by atoms with Gasteiger partial charge in [-0.05, 0) is 31.4 Å². The van der Waals surface area contributed by atoms with E-state index >= 15 is 0 Å². The van der Waals surface area contributed by atoms with Crippen molar-refractivity contribution in [2.24, 2.45) is 0 Å². The molecule has 2 unspecified atom stereocenters. The predicted molar refractivity (Wildman–Crippen MR) is 76.7 cm³/mol. The molecule has 1 heterocycles. The molecule has 0 bridgehead atoms. The molecule has 0 aliphatic heterocycles. The van der Waals surface area contributed by atoms with Crippen molar-refractivity contribution >= 4 is 11.3 Å². The van der Waals surface area contributed by atoms with Gasteiger partial charge < -0.3 is 10.4 Å². The molecule has 0 amide bonds. The minimum atomic E-state index is -0.937. The predicted octanol–water partition coefficient (Wildman–Crippen LogP) is 3.45. The first-order valence-electron chi connectivity index (χ1n) is 6.25. The first-order chi connectivity index (χ1) is 9.00. The van der Waals surface area contributed by atoms with Gasteiger partial charge in [-0.1, -0.05) is 24.3 Å². The van der Waals surface area contributed by atoms with E-state index < -0.39 is 5.60 Å². The highest BCUT2D eigenvalue weighted by Crippen LogP contribution is 2.25. The Hall–Kier alpha value is -1.23. The van der Waals surface area contributed by atoms with E-state index in [1.807, 2.05) is 30.5 Å². The van der Waals surface area contributed by atoms with Crippen molar-refractivity contribution in [2.75, 3.05) is 6.54 Å². The normalized spacial score (nSPS) is 16.0. The Balaban J connectivity index is 2.01. The second-order valence-electron chi connectivity index (χ2n) is 4.88. The molecule has 4 heteroatoms. The molecule has 2 N–H and O–H groups in total. The van der Waals surface area contributed by atoms with Gasteiger partial charge in [-0.3, -0.25) is 0 Å². The number of benzene rings is 1. The van der Waals surface area contributed by atoms with Crippen molar-refractivity contribution in [3.05, 3.63) is 58.0 Å². The van der Waals surface area contributed by atoms with Crippen LogP contribution in [0.4, 0.5) is 4.39 Å². The lowest BCUT2D eigenvalue weighted by atomic mass is 10.0. The Morgan fingerprint density at radius 2 is 2.05 bits per heavy atom. The fourth-order valence-corrected chi connectivity index (χ4v) is 2.75. The van der Waals surface area contributed by atoms with Crippen LogP contribution in [-0.2, 0) is 5.60 Å². The van der Waals surface area contributed by atoms with Crippen molar-refractivity contribution in [1.82, 2.24) is 5.32 Å². The number of rotatable bonds is 5. The summed E-state index contributed by atoms with van der Waals surface area (Å²) >= 11 is 1.52. The van der Waals surface area contributed by atoms with Crippen molar-refractivity contribution in [2.45, 2.75) is 25.5 Å². The maximum Gasteiger partial charge on any atom is 0.127 e. The van der Waals surface area contributed by atoms with Crippen LogP contribution in [0, 0.1) is 5.82 Å². The molecule has 2 atom stereocenters. The second kappa shape index (κ2) is 5.82. The molecule has 0 saturated carbocycles. The van der Waals surface area contributed by atoms with E-state index in [1.54, 1.807) is 19.1 Å². The molecule has 1 aromatic heterocycles. The number of nitrogens with one attached hydrogen (secondary N) is 1. The summed E-state index contributed by atoms with van der Waals surface area (Å²) in [4.78, 5) is 0.903. The highest BCUT2D eigenvalue weighted by molar-refractivity contribution is 7.10. The Morgan fingerprint density at radius 1 is 1.32 bits per heavy atom. The van der Waals surface area contributed by atoms with E-state index in [-0.39, 0.29) is 11.9 Å². The van der Waals surface area contributed by atoms with Crippen LogP contribution in [0.25, 0.3) is 0 Å². The number of thiophene rings is 1. The molecule has 0 radical (unpaired) electrons. The quantitative estimate of drug-likeness (QED) is 0.878. The third-order valence-corrected chi connectivity index (χ3v) is 4.30. The van der Waals surface area contributed by atoms with Gasteiger partial charge in [-0.2, -0.15) is 0 Å². The fourth-order valence-electron chi connectivity index (χ4n) is 1.96. The molecule has 0 saturated heterocycles. The summed E-state index contributed by atoms with van der Waals surface area (Å²) in [6.45, 7) is 4.03. The van der Waals surface area contributed by atoms with Crippen LogP contribution in [0.1, 0.15) is 30.3 Å². The zero-order valence-electron chi connectivity index (χ0n) is 11.1. The third kappa shape index (κ3) is 3.41. The van der Waals surface area contributed by atoms with Crippen molar-refractivity contribution in [1.29, 1.82) is 0 Å². The lowest BCUT2D eigenvalue weighted by molar-refractivity contribution is 0.0580. The van der Waals surface area contributed by atoms with E-state index in [4.69, 9.17) is 0 Å². The standard InChI is InChI=1S/C15H18FNOS/c1-11(12-6-3-4-7-13(12)16)17-10-15(2,18)14-8-5-9-19-14/h3-9,11,17-18H,10H2,1-2H3. The van der Waals surface area contributed by atoms with Crippen LogP contribution in [-0.4, -0.2) is 11.7 Å². The minimum Gasteiger partial charge on any atom is -0.383 e. The summed E-state index contributed by atoms with van der Waals surface area (Å²) in [7, 11) is 0. The third-order valence-electron chi connectivity index (χ3n) is 3.18. The first kappa shape index (κ1) is 14.2. The molecule has 1 aromatic carbocycles. The Bertz CT molecular complexity index is 525. The Labute approximate surface area is 116 Å². The van der Waals surface area contributed by atoms with Crippen LogP contribution < -0.4 is 5.32 Å². The van der Waals surface area contributed by atoms with Gasteiger partial charge in [0.2, 0.25) is 0 Å². The lowest BCUT2D eigenvalue weighted by Gasteiger charge is -2.25. The summed E-state index contributed by atoms with van der Waals surface area (Å²) < 4.78 is 13.6. The van der Waals surface area contributed by atoms with Gasteiger partial charge in [0.15, 0.2) is 0 Å². The largest absolute Gasteiger partial charge is 0.383 e. The average molecular weight is 279 g/mol. The zero-order valence-corrected chi connectivity index (χ0v) is 11.9. The fraction of sp³-hybridized carbons (Fsp3) is 0.333. The molecule has 102 valence electrons. The topological polar surface area (TPSA) is 32.3 Å². The molecular weight excluding hydrogens is 261 g/mol. The number of halogens is 1. The summed E-state index contributed by atoms with van der Waals surface area (Å²) in [5.74, 6) is -0.224. The summed E-state index contributed by atoms with van der Waals surface area (Å²) in [5.41, 5.74) is -0.322. The van der Waals surface area contributed by atoms with Crippen LogP contribution in [0.2, 0.25) is 0 Å². The molecule has 2 nitrogen and oxygen atoms in total. The van der Waals surface area contributed by atoms with Crippen LogP contribution in [0.3, 0.4) is 0 Å². The van der Waals surface area contributed by atoms with E-state index in [0.29, 0.717) is 12.1 Å². The molecule has 2 rings (SSSR count). The number of hydrogen-bond acceptors (Lipinski definition) is 3. The highest BCUT2D eigenvalue weighted by Gasteiger charge is 2.25. The van der Waals surface area contributed by atoms with Gasteiger partial charge in [0.05, 0.1) is 0 Å². The molecule has 0 spiro atoms. The van der Waals surface area contributed by atoms with Crippen molar-refractivity contribution in [3.8, 4) is 0 Å². The zero-order chi connectivity index (χ0) is 13.9.